The minimum absolute atomic E-state index is 0.250. The van der Waals surface area contributed by atoms with Gasteiger partial charge < -0.3 is 0 Å². The van der Waals surface area contributed by atoms with Crippen LogP contribution >= 0.6 is 34.5 Å². The third-order valence-corrected chi connectivity index (χ3v) is 3.57. The van der Waals surface area contributed by atoms with Crippen LogP contribution in [0, 0.1) is 0 Å². The van der Waals surface area contributed by atoms with Crippen LogP contribution in [0.2, 0.25) is 10.0 Å². The van der Waals surface area contributed by atoms with E-state index in [1.54, 1.807) is 17.4 Å². The van der Waals surface area contributed by atoms with Gasteiger partial charge in [0, 0.05) is 21.8 Å². The molecule has 2 rings (SSSR count). The summed E-state index contributed by atoms with van der Waals surface area (Å²) in [5, 5.41) is 4.56. The average molecular weight is 316 g/mol. The molecule has 3 nitrogen and oxygen atoms in total. The Morgan fingerprint density at radius 1 is 1.21 bits per heavy atom. The summed E-state index contributed by atoms with van der Waals surface area (Å²) in [6, 6.07) is 5.60. The van der Waals surface area contributed by atoms with Crippen molar-refractivity contribution < 1.29 is 9.59 Å². The van der Waals surface area contributed by atoms with Crippen molar-refractivity contribution in [2.75, 3.05) is 0 Å². The Labute approximate surface area is 125 Å². The van der Waals surface area contributed by atoms with Crippen LogP contribution in [-0.4, -0.2) is 11.1 Å². The van der Waals surface area contributed by atoms with Crippen molar-refractivity contribution in [2.24, 2.45) is 0 Å². The molecule has 0 aliphatic carbocycles. The van der Waals surface area contributed by atoms with Crippen LogP contribution in [0.3, 0.4) is 0 Å². The summed E-state index contributed by atoms with van der Waals surface area (Å²) >= 11 is 13.6. The van der Waals surface area contributed by atoms with Gasteiger partial charge in [-0.1, -0.05) is 30.1 Å². The van der Waals surface area contributed by atoms with E-state index in [1.807, 2.05) is 12.1 Å². The molecule has 0 unspecified atom stereocenters. The number of rotatable bonds is 3. The summed E-state index contributed by atoms with van der Waals surface area (Å²) in [5.41, 5.74) is 2.25. The first kappa shape index (κ1) is 15.9. The highest BCUT2D eigenvalue weighted by molar-refractivity contribution is 7.09. The third-order valence-electron chi connectivity index (χ3n) is 2.24. The van der Waals surface area contributed by atoms with Gasteiger partial charge in [0.2, 0.25) is 0 Å². The smallest absolute Gasteiger partial charge is 0.246 e. The fourth-order valence-corrected chi connectivity index (χ4v) is 2.96. The molecule has 0 aliphatic rings. The van der Waals surface area contributed by atoms with E-state index in [1.165, 1.54) is 0 Å². The van der Waals surface area contributed by atoms with E-state index in [-0.39, 0.29) is 6.15 Å². The number of thiazole rings is 1. The first-order valence-electron chi connectivity index (χ1n) is 5.46. The van der Waals surface area contributed by atoms with Crippen LogP contribution in [0.25, 0.3) is 0 Å². The highest BCUT2D eigenvalue weighted by Gasteiger charge is 2.04. The topological polar surface area (TPSA) is 47.0 Å². The zero-order valence-electron chi connectivity index (χ0n) is 10.2. The molecular formula is C13H11Cl2NO2S. The van der Waals surface area contributed by atoms with Crippen molar-refractivity contribution in [1.82, 2.24) is 4.98 Å². The fourth-order valence-electron chi connectivity index (χ4n) is 1.48. The Bertz CT molecular complexity index is 558. The van der Waals surface area contributed by atoms with Crippen LogP contribution < -0.4 is 0 Å². The Morgan fingerprint density at radius 2 is 1.79 bits per heavy atom. The number of halogens is 2. The second kappa shape index (κ2) is 8.08. The molecule has 0 bridgehead atoms. The number of aromatic nitrogens is 1. The summed E-state index contributed by atoms with van der Waals surface area (Å²) in [6.45, 7) is 2.11. The monoisotopic (exact) mass is 315 g/mol. The van der Waals surface area contributed by atoms with Gasteiger partial charge in [0.25, 0.3) is 0 Å². The van der Waals surface area contributed by atoms with Crippen molar-refractivity contribution in [1.29, 1.82) is 0 Å². The van der Waals surface area contributed by atoms with Gasteiger partial charge in [-0.3, -0.25) is 0 Å². The quantitative estimate of drug-likeness (QED) is 0.859. The second-order valence-electron chi connectivity index (χ2n) is 3.62. The molecule has 0 N–H and O–H groups in total. The lowest BCUT2D eigenvalue weighted by Crippen LogP contribution is -1.88. The largest absolute Gasteiger partial charge is 0.373 e. The molecule has 1 heterocycles. The Hall–Kier alpha value is -1.19. The van der Waals surface area contributed by atoms with Crippen LogP contribution in [0.5, 0.6) is 0 Å². The molecule has 1 aromatic heterocycles. The normalized spacial score (nSPS) is 9.42. The molecule has 1 aromatic carbocycles. The lowest BCUT2D eigenvalue weighted by molar-refractivity contribution is -0.191. The fraction of sp³-hybridized carbons (Fsp3) is 0.231. The molecule has 0 saturated heterocycles. The zero-order chi connectivity index (χ0) is 14.3. The van der Waals surface area contributed by atoms with Gasteiger partial charge >= 0.3 is 6.15 Å². The van der Waals surface area contributed by atoms with Gasteiger partial charge in [-0.2, -0.15) is 9.59 Å². The molecule has 0 atom stereocenters. The molecule has 19 heavy (non-hydrogen) atoms. The first-order valence-corrected chi connectivity index (χ1v) is 7.10. The predicted molar refractivity (Wildman–Crippen MR) is 75.8 cm³/mol. The molecular weight excluding hydrogens is 305 g/mol. The maximum atomic E-state index is 8.12. The van der Waals surface area contributed by atoms with Gasteiger partial charge in [0.05, 0.1) is 10.7 Å². The van der Waals surface area contributed by atoms with Crippen molar-refractivity contribution >= 4 is 40.7 Å². The molecule has 0 aliphatic heterocycles. The summed E-state index contributed by atoms with van der Waals surface area (Å²) in [5.74, 6) is 0. The summed E-state index contributed by atoms with van der Waals surface area (Å²) in [7, 11) is 0. The maximum absolute atomic E-state index is 8.12. The highest BCUT2D eigenvalue weighted by atomic mass is 35.5. The van der Waals surface area contributed by atoms with Gasteiger partial charge in [-0.05, 0) is 30.2 Å². The maximum Gasteiger partial charge on any atom is 0.373 e. The average Bonchev–Trinajstić information content (AvgIpc) is 2.76. The predicted octanol–water partition coefficient (Wildman–Crippen LogP) is 4.02. The van der Waals surface area contributed by atoms with E-state index >= 15 is 0 Å². The molecule has 0 fully saturated rings. The SMILES string of the molecule is CCc1csc(Cc2cc(Cl)cc(Cl)c2)n1.O=C=O. The lowest BCUT2D eigenvalue weighted by Gasteiger charge is -2.00. The van der Waals surface area contributed by atoms with Gasteiger partial charge in [0.1, 0.15) is 0 Å². The van der Waals surface area contributed by atoms with E-state index in [0.29, 0.717) is 10.0 Å². The number of benzene rings is 1. The number of aryl methyl sites for hydroxylation is 1. The lowest BCUT2D eigenvalue weighted by atomic mass is 10.1. The third kappa shape index (κ3) is 5.53. The summed E-state index contributed by atoms with van der Waals surface area (Å²) in [6.07, 6.45) is 2.03. The van der Waals surface area contributed by atoms with Crippen molar-refractivity contribution in [3.05, 3.63) is 49.9 Å². The number of hydrogen-bond acceptors (Lipinski definition) is 4. The minimum Gasteiger partial charge on any atom is -0.246 e. The molecule has 0 spiro atoms. The standard InChI is InChI=1S/C12H11Cl2NS.CO2/c1-2-11-7-16-12(15-11)5-8-3-9(13)6-10(14)4-8;2-1-3/h3-4,6-7H,2,5H2,1H3;. The minimum atomic E-state index is 0.250. The van der Waals surface area contributed by atoms with E-state index in [4.69, 9.17) is 32.8 Å². The zero-order valence-corrected chi connectivity index (χ0v) is 12.5. The summed E-state index contributed by atoms with van der Waals surface area (Å²) in [4.78, 5) is 20.8. The van der Waals surface area contributed by atoms with Crippen LogP contribution in [-0.2, 0) is 22.4 Å². The highest BCUT2D eigenvalue weighted by Crippen LogP contribution is 2.22. The second-order valence-corrected chi connectivity index (χ2v) is 5.44. The van der Waals surface area contributed by atoms with Gasteiger partial charge in [-0.15, -0.1) is 11.3 Å². The van der Waals surface area contributed by atoms with E-state index in [0.717, 1.165) is 29.1 Å². The molecule has 0 radical (unpaired) electrons. The number of nitrogens with zero attached hydrogens (tertiary/aromatic N) is 1. The molecule has 0 amide bonds. The number of carbonyl (C=O) groups excluding carboxylic acids is 2. The molecule has 0 saturated carbocycles. The number of hydrogen-bond donors (Lipinski definition) is 0. The molecule has 100 valence electrons. The van der Waals surface area contributed by atoms with Crippen molar-refractivity contribution in [3.8, 4) is 0 Å². The summed E-state index contributed by atoms with van der Waals surface area (Å²) < 4.78 is 0. The Morgan fingerprint density at radius 3 is 2.26 bits per heavy atom. The Kier molecular flexibility index (Phi) is 6.74. The van der Waals surface area contributed by atoms with Crippen LogP contribution in [0.15, 0.2) is 23.6 Å². The van der Waals surface area contributed by atoms with Crippen LogP contribution in [0.1, 0.15) is 23.2 Å². The van der Waals surface area contributed by atoms with Gasteiger partial charge in [0.15, 0.2) is 0 Å². The van der Waals surface area contributed by atoms with Crippen molar-refractivity contribution in [2.45, 2.75) is 19.8 Å². The van der Waals surface area contributed by atoms with Gasteiger partial charge in [-0.25, -0.2) is 4.98 Å². The van der Waals surface area contributed by atoms with E-state index in [9.17, 15) is 0 Å². The van der Waals surface area contributed by atoms with E-state index < -0.39 is 0 Å². The Balaban J connectivity index is 0.000000550. The van der Waals surface area contributed by atoms with Crippen molar-refractivity contribution in [3.63, 3.8) is 0 Å². The molecule has 2 aromatic rings. The molecule has 6 heteroatoms. The van der Waals surface area contributed by atoms with E-state index in [2.05, 4.69) is 17.3 Å². The first-order chi connectivity index (χ1) is 9.08. The van der Waals surface area contributed by atoms with Crippen LogP contribution in [0.4, 0.5) is 0 Å².